The zero-order valence-electron chi connectivity index (χ0n) is 11.2. The molecule has 2 heterocycles. The summed E-state index contributed by atoms with van der Waals surface area (Å²) in [5.74, 6) is -0.0229. The number of nitrogens with one attached hydrogen (secondary N) is 2. The number of hydrogen-bond donors (Lipinski definition) is 2. The molecule has 0 aromatic heterocycles. The molecule has 1 unspecified atom stereocenters. The van der Waals surface area contributed by atoms with Crippen LogP contribution in [0.2, 0.25) is 0 Å². The molecule has 6 heteroatoms. The Hall–Kier alpha value is -0.720. The first-order valence-electron chi connectivity index (χ1n) is 6.40. The summed E-state index contributed by atoms with van der Waals surface area (Å²) >= 11 is 0. The van der Waals surface area contributed by atoms with Crippen molar-refractivity contribution in [1.29, 1.82) is 0 Å². The average Bonchev–Trinajstić information content (AvgIpc) is 2.79. The second-order valence-corrected chi connectivity index (χ2v) is 5.79. The molecule has 0 aromatic rings. The maximum atomic E-state index is 14.1. The summed E-state index contributed by atoms with van der Waals surface area (Å²) in [5.41, 5.74) is 5.49. The summed E-state index contributed by atoms with van der Waals surface area (Å²) in [6.07, 6.45) is -0.825. The lowest BCUT2D eigenvalue weighted by molar-refractivity contribution is -0.148. The highest BCUT2D eigenvalue weighted by molar-refractivity contribution is 5.82. The molecule has 0 aromatic carbocycles. The highest BCUT2D eigenvalue weighted by atomic mass is 19.1. The Kier molecular flexibility index (Phi) is 3.89. The topological polar surface area (TPSA) is 53.6 Å². The first-order valence-corrected chi connectivity index (χ1v) is 6.40. The third kappa shape index (κ3) is 2.50. The predicted octanol–water partition coefficient (Wildman–Crippen LogP) is 0.0744. The van der Waals surface area contributed by atoms with Crippen LogP contribution in [0, 0.1) is 5.41 Å². The van der Waals surface area contributed by atoms with Crippen molar-refractivity contribution in [3.05, 3.63) is 0 Å². The molecule has 0 radical (unpaired) electrons. The fourth-order valence-electron chi connectivity index (χ4n) is 2.97. The fourth-order valence-corrected chi connectivity index (χ4v) is 2.97. The number of alkyl halides is 1. The summed E-state index contributed by atoms with van der Waals surface area (Å²) in [5, 5.41) is 0. The third-order valence-electron chi connectivity index (χ3n) is 3.79. The van der Waals surface area contributed by atoms with E-state index >= 15 is 0 Å². The van der Waals surface area contributed by atoms with E-state index in [0.29, 0.717) is 6.54 Å². The molecular weight excluding hydrogens is 237 g/mol. The van der Waals surface area contributed by atoms with Crippen LogP contribution < -0.4 is 10.9 Å². The molecule has 1 amide bonds. The molecule has 2 rings (SSSR count). The van der Waals surface area contributed by atoms with Crippen molar-refractivity contribution in [2.75, 3.05) is 26.7 Å². The number of ether oxygens (including phenoxy) is 1. The maximum Gasteiger partial charge on any atom is 0.241 e. The first kappa shape index (κ1) is 13.7. The number of amides is 1. The van der Waals surface area contributed by atoms with Gasteiger partial charge in [-0.25, -0.2) is 9.82 Å². The molecule has 2 N–H and O–H groups in total. The van der Waals surface area contributed by atoms with Crippen LogP contribution in [0.1, 0.15) is 20.3 Å². The fraction of sp³-hybridized carbons (Fsp3) is 0.917. The summed E-state index contributed by atoms with van der Waals surface area (Å²) < 4.78 is 19.3. The molecule has 0 saturated carbocycles. The van der Waals surface area contributed by atoms with E-state index in [1.807, 2.05) is 13.8 Å². The quantitative estimate of drug-likeness (QED) is 0.737. The van der Waals surface area contributed by atoms with Gasteiger partial charge in [0.1, 0.15) is 12.2 Å². The predicted molar refractivity (Wildman–Crippen MR) is 65.6 cm³/mol. The van der Waals surface area contributed by atoms with Gasteiger partial charge in [-0.2, -0.15) is 0 Å². The second kappa shape index (κ2) is 5.11. The first-order chi connectivity index (χ1) is 8.45. The molecule has 18 heavy (non-hydrogen) atoms. The highest BCUT2D eigenvalue weighted by Gasteiger charge is 2.45. The summed E-state index contributed by atoms with van der Waals surface area (Å²) in [6, 6.07) is -0.230. The number of hydrazine groups is 1. The van der Waals surface area contributed by atoms with Gasteiger partial charge >= 0.3 is 0 Å². The Bertz CT molecular complexity index is 318. The Morgan fingerprint density at radius 2 is 2.22 bits per heavy atom. The second-order valence-electron chi connectivity index (χ2n) is 5.79. The number of carbonyl (C=O) groups excluding carboxylic acids is 1. The average molecular weight is 259 g/mol. The lowest BCUT2D eigenvalue weighted by Gasteiger charge is -2.45. The molecule has 2 saturated heterocycles. The molecule has 2 aliphatic rings. The summed E-state index contributed by atoms with van der Waals surface area (Å²) in [6.45, 7) is 5.30. The van der Waals surface area contributed by atoms with Gasteiger partial charge in [-0.3, -0.25) is 10.2 Å². The van der Waals surface area contributed by atoms with Crippen LogP contribution in [0.25, 0.3) is 0 Å². The molecular formula is C12H22FN3O2. The minimum absolute atomic E-state index is 0.0229. The maximum absolute atomic E-state index is 14.1. The van der Waals surface area contributed by atoms with Crippen LogP contribution in [-0.2, 0) is 9.53 Å². The van der Waals surface area contributed by atoms with Gasteiger partial charge in [0.25, 0.3) is 0 Å². The van der Waals surface area contributed by atoms with Crippen molar-refractivity contribution in [3.63, 3.8) is 0 Å². The highest BCUT2D eigenvalue weighted by Crippen LogP contribution is 2.33. The van der Waals surface area contributed by atoms with Gasteiger partial charge in [-0.15, -0.1) is 0 Å². The van der Waals surface area contributed by atoms with Crippen molar-refractivity contribution < 1.29 is 13.9 Å². The lowest BCUT2D eigenvalue weighted by atomic mass is 9.80. The van der Waals surface area contributed by atoms with Crippen molar-refractivity contribution in [3.8, 4) is 0 Å². The van der Waals surface area contributed by atoms with E-state index in [4.69, 9.17) is 4.74 Å². The zero-order valence-corrected chi connectivity index (χ0v) is 11.2. The van der Waals surface area contributed by atoms with Crippen LogP contribution in [-0.4, -0.2) is 55.9 Å². The summed E-state index contributed by atoms with van der Waals surface area (Å²) in [7, 11) is 1.53. The van der Waals surface area contributed by atoms with Crippen molar-refractivity contribution in [1.82, 2.24) is 15.8 Å². The smallest absolute Gasteiger partial charge is 0.241 e. The largest absolute Gasteiger partial charge is 0.378 e. The van der Waals surface area contributed by atoms with E-state index < -0.39 is 12.3 Å². The van der Waals surface area contributed by atoms with Crippen molar-refractivity contribution >= 4 is 5.91 Å². The number of nitrogens with zero attached hydrogens (tertiary/aromatic N) is 1. The monoisotopic (exact) mass is 259 g/mol. The van der Waals surface area contributed by atoms with Gasteiger partial charge in [0, 0.05) is 25.6 Å². The van der Waals surface area contributed by atoms with Gasteiger partial charge in [0.05, 0.1) is 12.6 Å². The van der Waals surface area contributed by atoms with E-state index in [1.165, 1.54) is 7.11 Å². The number of likely N-dealkylation sites (tertiary alicyclic amines) is 1. The standard InChI is InChI=1S/C12H22FN3O2/c1-12(2)7-16(6-8(13)10(12)18-3)11(17)9-4-5-14-15-9/h8-10,14-15H,4-7H2,1-3H3/t8-,9?,10-/m1/s1. The van der Waals surface area contributed by atoms with Crippen molar-refractivity contribution in [2.24, 2.45) is 5.41 Å². The van der Waals surface area contributed by atoms with E-state index in [-0.39, 0.29) is 23.9 Å². The van der Waals surface area contributed by atoms with E-state index in [0.717, 1.165) is 13.0 Å². The third-order valence-corrected chi connectivity index (χ3v) is 3.79. The van der Waals surface area contributed by atoms with Crippen LogP contribution in [0.4, 0.5) is 4.39 Å². The molecule has 2 aliphatic heterocycles. The molecule has 5 nitrogen and oxygen atoms in total. The van der Waals surface area contributed by atoms with Crippen LogP contribution >= 0.6 is 0 Å². The van der Waals surface area contributed by atoms with Crippen LogP contribution in [0.15, 0.2) is 0 Å². The number of methoxy groups -OCH3 is 1. The molecule has 0 aliphatic carbocycles. The summed E-state index contributed by atoms with van der Waals surface area (Å²) in [4.78, 5) is 13.9. The minimum atomic E-state index is -1.13. The van der Waals surface area contributed by atoms with Crippen LogP contribution in [0.5, 0.6) is 0 Å². The number of halogens is 1. The van der Waals surface area contributed by atoms with E-state index in [9.17, 15) is 9.18 Å². The lowest BCUT2D eigenvalue weighted by Crippen LogP contribution is -2.60. The Morgan fingerprint density at radius 1 is 1.50 bits per heavy atom. The van der Waals surface area contributed by atoms with Gasteiger partial charge < -0.3 is 9.64 Å². The van der Waals surface area contributed by atoms with Gasteiger partial charge in [-0.1, -0.05) is 13.8 Å². The number of piperidine rings is 1. The molecule has 104 valence electrons. The van der Waals surface area contributed by atoms with Crippen molar-refractivity contribution in [2.45, 2.75) is 38.6 Å². The molecule has 0 spiro atoms. The molecule has 0 bridgehead atoms. The zero-order chi connectivity index (χ0) is 13.3. The van der Waals surface area contributed by atoms with Gasteiger partial charge in [0.15, 0.2) is 0 Å². The number of rotatable bonds is 2. The normalized spacial score (nSPS) is 35.8. The Balaban J connectivity index is 2.05. The molecule has 2 fully saturated rings. The van der Waals surface area contributed by atoms with Gasteiger partial charge in [-0.05, 0) is 6.42 Å². The number of carbonyl (C=O) groups is 1. The Morgan fingerprint density at radius 3 is 2.72 bits per heavy atom. The van der Waals surface area contributed by atoms with E-state index in [2.05, 4.69) is 10.9 Å². The van der Waals surface area contributed by atoms with Gasteiger partial charge in [0.2, 0.25) is 5.91 Å². The SMILES string of the molecule is CO[C@@H]1[C@H](F)CN(C(=O)C2CCNN2)CC1(C)C. The number of hydrogen-bond acceptors (Lipinski definition) is 4. The minimum Gasteiger partial charge on any atom is -0.378 e. The van der Waals surface area contributed by atoms with Crippen LogP contribution in [0.3, 0.4) is 0 Å². The van der Waals surface area contributed by atoms with E-state index in [1.54, 1.807) is 4.90 Å². The Labute approximate surface area is 107 Å². The molecule has 3 atom stereocenters.